The summed E-state index contributed by atoms with van der Waals surface area (Å²) in [6.45, 7) is 3.94. The third kappa shape index (κ3) is 2.28. The molecule has 1 aromatic heterocycles. The van der Waals surface area contributed by atoms with Crippen molar-refractivity contribution >= 4 is 0 Å². The summed E-state index contributed by atoms with van der Waals surface area (Å²) in [5.74, 6) is 0. The summed E-state index contributed by atoms with van der Waals surface area (Å²) in [5.41, 5.74) is 2.63. The van der Waals surface area contributed by atoms with E-state index in [1.54, 1.807) is 0 Å². The first-order valence-corrected chi connectivity index (χ1v) is 7.25. The molecular formula is C17H22N2O. The van der Waals surface area contributed by atoms with Gasteiger partial charge in [0, 0.05) is 31.6 Å². The number of rotatable bonds is 2. The van der Waals surface area contributed by atoms with Gasteiger partial charge in [-0.25, -0.2) is 0 Å². The van der Waals surface area contributed by atoms with Crippen LogP contribution in [0.1, 0.15) is 18.5 Å². The zero-order chi connectivity index (χ0) is 14.2. The van der Waals surface area contributed by atoms with E-state index in [0.29, 0.717) is 0 Å². The Morgan fingerprint density at radius 2 is 1.65 bits per heavy atom. The molecule has 1 N–H and O–H groups in total. The predicted molar refractivity (Wildman–Crippen MR) is 81.5 cm³/mol. The highest BCUT2D eigenvalue weighted by Gasteiger charge is 2.35. The predicted octanol–water partition coefficient (Wildman–Crippen LogP) is 2.83. The maximum Gasteiger partial charge on any atom is 0.144 e. The summed E-state index contributed by atoms with van der Waals surface area (Å²) < 4.78 is 2.12. The Morgan fingerprint density at radius 3 is 2.30 bits per heavy atom. The highest BCUT2D eigenvalue weighted by atomic mass is 16.3. The zero-order valence-corrected chi connectivity index (χ0v) is 12.2. The minimum absolute atomic E-state index is 0.759. The lowest BCUT2D eigenvalue weighted by Crippen LogP contribution is -2.45. The van der Waals surface area contributed by atoms with Crippen molar-refractivity contribution in [1.82, 2.24) is 9.47 Å². The van der Waals surface area contributed by atoms with Crippen molar-refractivity contribution in [3.05, 3.63) is 48.2 Å². The summed E-state index contributed by atoms with van der Waals surface area (Å²) in [6.07, 6.45) is 1.55. The van der Waals surface area contributed by atoms with Gasteiger partial charge in [-0.3, -0.25) is 0 Å². The van der Waals surface area contributed by atoms with Crippen molar-refractivity contribution in [3.63, 3.8) is 0 Å². The van der Waals surface area contributed by atoms with E-state index < -0.39 is 5.72 Å². The second-order valence-corrected chi connectivity index (χ2v) is 5.85. The molecule has 3 heteroatoms. The first-order valence-electron chi connectivity index (χ1n) is 7.25. The molecule has 0 atom stereocenters. The SMILES string of the molecule is Cc1ccc(-c2ccccc2)n1C1(O)CCN(C)CC1. The molecule has 0 unspecified atom stereocenters. The summed E-state index contributed by atoms with van der Waals surface area (Å²) in [4.78, 5) is 2.27. The van der Waals surface area contributed by atoms with Crippen molar-refractivity contribution < 1.29 is 5.11 Å². The molecule has 2 aromatic rings. The van der Waals surface area contributed by atoms with Gasteiger partial charge in [0.25, 0.3) is 0 Å². The minimum atomic E-state index is -0.759. The normalized spacial score (nSPS) is 19.1. The molecule has 1 fully saturated rings. The standard InChI is InChI=1S/C17H22N2O/c1-14-8-9-16(15-6-4-3-5-7-15)19(14)17(20)10-12-18(2)13-11-17/h3-9,20H,10-13H2,1-2H3. The number of aromatic nitrogens is 1. The van der Waals surface area contributed by atoms with Gasteiger partial charge in [-0.05, 0) is 31.7 Å². The highest BCUT2D eigenvalue weighted by Crippen LogP contribution is 2.34. The van der Waals surface area contributed by atoms with Crippen molar-refractivity contribution in [2.24, 2.45) is 0 Å². The summed E-state index contributed by atoms with van der Waals surface area (Å²) in [7, 11) is 2.11. The summed E-state index contributed by atoms with van der Waals surface area (Å²) >= 11 is 0. The van der Waals surface area contributed by atoms with Gasteiger partial charge in [0.15, 0.2) is 0 Å². The Morgan fingerprint density at radius 1 is 1.00 bits per heavy atom. The molecule has 0 saturated carbocycles. The van der Waals surface area contributed by atoms with Crippen LogP contribution in [0.4, 0.5) is 0 Å². The molecule has 3 nitrogen and oxygen atoms in total. The lowest BCUT2D eigenvalue weighted by atomic mass is 9.99. The van der Waals surface area contributed by atoms with Gasteiger partial charge in [0.05, 0.1) is 5.69 Å². The summed E-state index contributed by atoms with van der Waals surface area (Å²) in [5, 5.41) is 11.1. The Labute approximate surface area is 120 Å². The topological polar surface area (TPSA) is 28.4 Å². The molecule has 1 aliphatic heterocycles. The van der Waals surface area contributed by atoms with Crippen LogP contribution in [-0.4, -0.2) is 34.7 Å². The molecule has 2 heterocycles. The fourth-order valence-electron chi connectivity index (χ4n) is 3.13. The lowest BCUT2D eigenvalue weighted by Gasteiger charge is -2.39. The second-order valence-electron chi connectivity index (χ2n) is 5.85. The van der Waals surface area contributed by atoms with Crippen molar-refractivity contribution in [2.75, 3.05) is 20.1 Å². The van der Waals surface area contributed by atoms with Crippen molar-refractivity contribution in [3.8, 4) is 11.3 Å². The molecule has 0 aliphatic carbocycles. The van der Waals surface area contributed by atoms with Crippen molar-refractivity contribution in [2.45, 2.75) is 25.5 Å². The van der Waals surface area contributed by atoms with E-state index in [1.165, 1.54) is 0 Å². The lowest BCUT2D eigenvalue weighted by molar-refractivity contribution is -0.0828. The number of benzene rings is 1. The van der Waals surface area contributed by atoms with Crippen LogP contribution < -0.4 is 0 Å². The average Bonchev–Trinajstić information content (AvgIpc) is 2.86. The maximum absolute atomic E-state index is 11.1. The Balaban J connectivity index is 2.04. The summed E-state index contributed by atoms with van der Waals surface area (Å²) in [6, 6.07) is 14.5. The molecule has 106 valence electrons. The quantitative estimate of drug-likeness (QED) is 0.909. The van der Waals surface area contributed by atoms with Crippen LogP contribution in [0.2, 0.25) is 0 Å². The van der Waals surface area contributed by atoms with Crippen LogP contribution in [-0.2, 0) is 5.72 Å². The van der Waals surface area contributed by atoms with Crippen LogP contribution >= 0.6 is 0 Å². The van der Waals surface area contributed by atoms with Gasteiger partial charge in [-0.15, -0.1) is 0 Å². The van der Waals surface area contributed by atoms with E-state index in [-0.39, 0.29) is 0 Å². The average molecular weight is 270 g/mol. The number of likely N-dealkylation sites (tertiary alicyclic amines) is 1. The van der Waals surface area contributed by atoms with Gasteiger partial charge < -0.3 is 14.6 Å². The van der Waals surface area contributed by atoms with E-state index in [4.69, 9.17) is 0 Å². The van der Waals surface area contributed by atoms with Crippen LogP contribution in [0.5, 0.6) is 0 Å². The fourth-order valence-corrected chi connectivity index (χ4v) is 3.13. The zero-order valence-electron chi connectivity index (χ0n) is 12.2. The third-order valence-corrected chi connectivity index (χ3v) is 4.35. The molecule has 1 saturated heterocycles. The van der Waals surface area contributed by atoms with Gasteiger partial charge in [-0.2, -0.15) is 0 Å². The first kappa shape index (κ1) is 13.4. The Bertz CT molecular complexity index is 580. The van der Waals surface area contributed by atoms with Crippen LogP contribution in [0.3, 0.4) is 0 Å². The second kappa shape index (κ2) is 5.08. The maximum atomic E-state index is 11.1. The number of hydrogen-bond donors (Lipinski definition) is 1. The van der Waals surface area contributed by atoms with Crippen LogP contribution in [0, 0.1) is 6.92 Å². The molecule has 3 rings (SSSR count). The van der Waals surface area contributed by atoms with Gasteiger partial charge >= 0.3 is 0 Å². The molecule has 0 amide bonds. The van der Waals surface area contributed by atoms with Crippen molar-refractivity contribution in [1.29, 1.82) is 0 Å². The Hall–Kier alpha value is -1.58. The van der Waals surface area contributed by atoms with Crippen LogP contribution in [0.15, 0.2) is 42.5 Å². The largest absolute Gasteiger partial charge is 0.370 e. The minimum Gasteiger partial charge on any atom is -0.370 e. The van der Waals surface area contributed by atoms with Gasteiger partial charge in [-0.1, -0.05) is 30.3 Å². The monoisotopic (exact) mass is 270 g/mol. The molecule has 1 aliphatic rings. The molecule has 1 aromatic carbocycles. The number of aryl methyl sites for hydroxylation is 1. The van der Waals surface area contributed by atoms with E-state index >= 15 is 0 Å². The van der Waals surface area contributed by atoms with Gasteiger partial charge in [0.2, 0.25) is 0 Å². The highest BCUT2D eigenvalue weighted by molar-refractivity contribution is 5.61. The van der Waals surface area contributed by atoms with E-state index in [9.17, 15) is 5.11 Å². The molecule has 0 radical (unpaired) electrons. The number of aliphatic hydroxyl groups is 1. The smallest absolute Gasteiger partial charge is 0.144 e. The van der Waals surface area contributed by atoms with E-state index in [0.717, 1.165) is 42.9 Å². The Kier molecular flexibility index (Phi) is 3.40. The third-order valence-electron chi connectivity index (χ3n) is 4.35. The molecule has 0 spiro atoms. The van der Waals surface area contributed by atoms with Crippen LogP contribution in [0.25, 0.3) is 11.3 Å². The molecular weight excluding hydrogens is 248 g/mol. The fraction of sp³-hybridized carbons (Fsp3) is 0.412. The first-order chi connectivity index (χ1) is 9.60. The number of piperidine rings is 1. The molecule has 20 heavy (non-hydrogen) atoms. The van der Waals surface area contributed by atoms with Gasteiger partial charge in [0.1, 0.15) is 5.72 Å². The molecule has 0 bridgehead atoms. The van der Waals surface area contributed by atoms with E-state index in [1.807, 2.05) is 18.2 Å². The number of hydrogen-bond acceptors (Lipinski definition) is 2. The number of nitrogens with zero attached hydrogens (tertiary/aromatic N) is 2. The van der Waals surface area contributed by atoms with E-state index in [2.05, 4.69) is 47.7 Å².